The summed E-state index contributed by atoms with van der Waals surface area (Å²) in [6.07, 6.45) is 2.45. The lowest BCUT2D eigenvalue weighted by Crippen LogP contribution is -1.86. The van der Waals surface area contributed by atoms with Gasteiger partial charge >= 0.3 is 0 Å². The highest BCUT2D eigenvalue weighted by molar-refractivity contribution is 9.10. The van der Waals surface area contributed by atoms with Crippen LogP contribution in [0, 0.1) is 0 Å². The van der Waals surface area contributed by atoms with Gasteiger partial charge in [0.2, 0.25) is 0 Å². The first-order chi connectivity index (χ1) is 8.28. The maximum atomic E-state index is 5.19. The van der Waals surface area contributed by atoms with Crippen LogP contribution in [-0.4, -0.2) is 22.3 Å². The lowest BCUT2D eigenvalue weighted by Gasteiger charge is -2.03. The minimum absolute atomic E-state index is 0.595. The molecule has 1 heterocycles. The Balaban J connectivity index is 1.93. The molecule has 1 saturated carbocycles. The molecule has 0 radical (unpaired) electrons. The van der Waals surface area contributed by atoms with Crippen molar-refractivity contribution in [1.29, 1.82) is 0 Å². The van der Waals surface area contributed by atoms with Gasteiger partial charge in [-0.1, -0.05) is 0 Å². The van der Waals surface area contributed by atoms with Crippen molar-refractivity contribution in [3.8, 4) is 17.1 Å². The molecule has 0 aliphatic heterocycles. The summed E-state index contributed by atoms with van der Waals surface area (Å²) in [5.41, 5.74) is 0.987. The summed E-state index contributed by atoms with van der Waals surface area (Å²) >= 11 is 3.46. The minimum atomic E-state index is 0.595. The van der Waals surface area contributed by atoms with E-state index in [1.165, 1.54) is 12.8 Å². The lowest BCUT2D eigenvalue weighted by molar-refractivity contribution is 0.412. The summed E-state index contributed by atoms with van der Waals surface area (Å²) in [6, 6.07) is 5.84. The van der Waals surface area contributed by atoms with Crippen LogP contribution in [-0.2, 0) is 0 Å². The van der Waals surface area contributed by atoms with E-state index in [2.05, 4.69) is 31.1 Å². The monoisotopic (exact) mass is 293 g/mol. The molecule has 3 rings (SSSR count). The van der Waals surface area contributed by atoms with Gasteiger partial charge in [-0.3, -0.25) is 5.10 Å². The van der Waals surface area contributed by atoms with E-state index in [-0.39, 0.29) is 0 Å². The zero-order valence-corrected chi connectivity index (χ0v) is 11.0. The largest absolute Gasteiger partial charge is 0.496 e. The van der Waals surface area contributed by atoms with E-state index in [9.17, 15) is 0 Å². The van der Waals surface area contributed by atoms with Gasteiger partial charge in [0.15, 0.2) is 5.82 Å². The van der Waals surface area contributed by atoms with Crippen LogP contribution >= 0.6 is 15.9 Å². The number of hydrogen-bond donors (Lipinski definition) is 1. The third-order valence-electron chi connectivity index (χ3n) is 2.88. The van der Waals surface area contributed by atoms with Crippen molar-refractivity contribution in [2.24, 2.45) is 0 Å². The van der Waals surface area contributed by atoms with Crippen molar-refractivity contribution in [3.05, 3.63) is 28.5 Å². The molecule has 88 valence electrons. The Labute approximate surface area is 108 Å². The number of nitrogens with zero attached hydrogens (tertiary/aromatic N) is 2. The van der Waals surface area contributed by atoms with Gasteiger partial charge < -0.3 is 4.74 Å². The SMILES string of the molecule is COc1ccc(-c2n[nH]c(C3CC3)n2)cc1Br. The smallest absolute Gasteiger partial charge is 0.181 e. The van der Waals surface area contributed by atoms with E-state index < -0.39 is 0 Å². The number of hydrogen-bond acceptors (Lipinski definition) is 3. The molecule has 5 heteroatoms. The first-order valence-corrected chi connectivity index (χ1v) is 6.33. The van der Waals surface area contributed by atoms with Crippen molar-refractivity contribution in [2.45, 2.75) is 18.8 Å². The van der Waals surface area contributed by atoms with E-state index in [0.717, 1.165) is 27.4 Å². The summed E-state index contributed by atoms with van der Waals surface area (Å²) in [4.78, 5) is 4.51. The van der Waals surface area contributed by atoms with Gasteiger partial charge in [0, 0.05) is 11.5 Å². The van der Waals surface area contributed by atoms with Gasteiger partial charge in [-0.05, 0) is 47.0 Å². The number of rotatable bonds is 3. The molecule has 0 spiro atoms. The minimum Gasteiger partial charge on any atom is -0.496 e. The normalized spacial score (nSPS) is 14.9. The van der Waals surface area contributed by atoms with Gasteiger partial charge in [0.1, 0.15) is 11.6 Å². The molecule has 0 bridgehead atoms. The van der Waals surface area contributed by atoms with Crippen LogP contribution in [0.2, 0.25) is 0 Å². The fraction of sp³-hybridized carbons (Fsp3) is 0.333. The van der Waals surface area contributed by atoms with Crippen LogP contribution in [0.25, 0.3) is 11.4 Å². The van der Waals surface area contributed by atoms with E-state index in [0.29, 0.717) is 5.92 Å². The molecule has 0 unspecified atom stereocenters. The van der Waals surface area contributed by atoms with Gasteiger partial charge in [0.25, 0.3) is 0 Å². The summed E-state index contributed by atoms with van der Waals surface area (Å²) < 4.78 is 6.11. The third kappa shape index (κ3) is 2.07. The Kier molecular flexibility index (Phi) is 2.63. The van der Waals surface area contributed by atoms with Crippen LogP contribution < -0.4 is 4.74 Å². The predicted octanol–water partition coefficient (Wildman–Crippen LogP) is 3.12. The molecule has 4 nitrogen and oxygen atoms in total. The van der Waals surface area contributed by atoms with Crippen molar-refractivity contribution < 1.29 is 4.74 Å². The maximum Gasteiger partial charge on any atom is 0.181 e. The van der Waals surface area contributed by atoms with E-state index >= 15 is 0 Å². The molecule has 2 aromatic rings. The number of H-pyrrole nitrogens is 1. The standard InChI is InChI=1S/C12H12BrN3O/c1-17-10-5-4-8(6-9(10)13)12-14-11(15-16-12)7-2-3-7/h4-7H,2-3H2,1H3,(H,14,15,16). The number of nitrogens with one attached hydrogen (secondary N) is 1. The highest BCUT2D eigenvalue weighted by atomic mass is 79.9. The summed E-state index contributed by atoms with van der Waals surface area (Å²) in [7, 11) is 1.65. The van der Waals surface area contributed by atoms with E-state index in [4.69, 9.17) is 4.74 Å². The second-order valence-corrected chi connectivity index (χ2v) is 5.02. The number of aromatic nitrogens is 3. The molecule has 1 aromatic carbocycles. The Hall–Kier alpha value is -1.36. The molecular weight excluding hydrogens is 282 g/mol. The summed E-state index contributed by atoms with van der Waals surface area (Å²) in [6.45, 7) is 0. The first kappa shape index (κ1) is 10.8. The fourth-order valence-corrected chi connectivity index (χ4v) is 2.29. The second-order valence-electron chi connectivity index (χ2n) is 4.17. The highest BCUT2D eigenvalue weighted by Crippen LogP contribution is 2.38. The number of methoxy groups -OCH3 is 1. The van der Waals surface area contributed by atoms with Crippen molar-refractivity contribution >= 4 is 15.9 Å². The number of halogens is 1. The number of ether oxygens (including phenoxy) is 1. The summed E-state index contributed by atoms with van der Waals surface area (Å²) in [5.74, 6) is 3.16. The maximum absolute atomic E-state index is 5.19. The van der Waals surface area contributed by atoms with E-state index in [1.807, 2.05) is 18.2 Å². The molecule has 0 saturated heterocycles. The molecule has 1 N–H and O–H groups in total. The molecule has 0 amide bonds. The molecule has 1 aromatic heterocycles. The Morgan fingerprint density at radius 3 is 2.88 bits per heavy atom. The lowest BCUT2D eigenvalue weighted by atomic mass is 10.2. The highest BCUT2D eigenvalue weighted by Gasteiger charge is 2.27. The zero-order valence-electron chi connectivity index (χ0n) is 9.40. The number of aromatic amines is 1. The molecule has 17 heavy (non-hydrogen) atoms. The molecular formula is C12H12BrN3O. The Morgan fingerprint density at radius 2 is 2.24 bits per heavy atom. The molecule has 1 aliphatic rings. The van der Waals surface area contributed by atoms with Crippen molar-refractivity contribution in [3.63, 3.8) is 0 Å². The third-order valence-corrected chi connectivity index (χ3v) is 3.50. The van der Waals surface area contributed by atoms with Crippen LogP contribution in [0.15, 0.2) is 22.7 Å². The molecule has 1 aliphatic carbocycles. The Bertz CT molecular complexity index is 548. The summed E-state index contributed by atoms with van der Waals surface area (Å²) in [5, 5.41) is 7.25. The quantitative estimate of drug-likeness (QED) is 0.946. The molecule has 0 atom stereocenters. The van der Waals surface area contributed by atoms with Crippen molar-refractivity contribution in [2.75, 3.05) is 7.11 Å². The van der Waals surface area contributed by atoms with Crippen LogP contribution in [0.4, 0.5) is 0 Å². The van der Waals surface area contributed by atoms with Gasteiger partial charge in [-0.15, -0.1) is 0 Å². The average molecular weight is 294 g/mol. The van der Waals surface area contributed by atoms with Crippen LogP contribution in [0.1, 0.15) is 24.6 Å². The van der Waals surface area contributed by atoms with Gasteiger partial charge in [-0.25, -0.2) is 4.98 Å². The first-order valence-electron chi connectivity index (χ1n) is 5.54. The second kappa shape index (κ2) is 4.14. The molecule has 1 fully saturated rings. The van der Waals surface area contributed by atoms with Crippen LogP contribution in [0.5, 0.6) is 5.75 Å². The topological polar surface area (TPSA) is 50.8 Å². The van der Waals surface area contributed by atoms with Crippen LogP contribution in [0.3, 0.4) is 0 Å². The average Bonchev–Trinajstić information content (AvgIpc) is 3.07. The predicted molar refractivity (Wildman–Crippen MR) is 68.0 cm³/mol. The van der Waals surface area contributed by atoms with Gasteiger partial charge in [-0.2, -0.15) is 5.10 Å². The fourth-order valence-electron chi connectivity index (χ4n) is 1.75. The Morgan fingerprint density at radius 1 is 1.41 bits per heavy atom. The van der Waals surface area contributed by atoms with Crippen molar-refractivity contribution in [1.82, 2.24) is 15.2 Å². The van der Waals surface area contributed by atoms with Gasteiger partial charge in [0.05, 0.1) is 11.6 Å². The zero-order chi connectivity index (χ0) is 11.8. The number of benzene rings is 1. The van der Waals surface area contributed by atoms with E-state index in [1.54, 1.807) is 7.11 Å².